The molecule has 1 amide bonds. The highest BCUT2D eigenvalue weighted by Gasteiger charge is 2.30. The summed E-state index contributed by atoms with van der Waals surface area (Å²) in [5.41, 5.74) is 10.2. The average Bonchev–Trinajstić information content (AvgIpc) is 2.44. The number of hydrogen-bond acceptors (Lipinski definition) is 5. The fraction of sp³-hybridized carbons (Fsp3) is 0.533. The molecule has 0 fully saturated rings. The predicted octanol–water partition coefficient (Wildman–Crippen LogP) is 1.26. The van der Waals surface area contributed by atoms with Gasteiger partial charge in [0.15, 0.2) is 0 Å². The Morgan fingerprint density at radius 2 is 1.96 bits per heavy atom. The number of halogens is 1. The number of hydrogen-bond donors (Lipinski definition) is 3. The Bertz CT molecular complexity index is 679. The molecular weight excluding hydrogens is 354 g/mol. The van der Waals surface area contributed by atoms with Gasteiger partial charge in [0, 0.05) is 12.1 Å². The van der Waals surface area contributed by atoms with E-state index in [1.807, 2.05) is 13.8 Å². The summed E-state index contributed by atoms with van der Waals surface area (Å²) in [6, 6.07) is 3.96. The molecular formula is C15H26ClN3O4S. The molecule has 0 radical (unpaired) electrons. The lowest BCUT2D eigenvalue weighted by atomic mass is 9.92. The first kappa shape index (κ1) is 22.6. The minimum absolute atomic E-state index is 0. The number of methoxy groups -OCH3 is 1. The van der Waals surface area contributed by atoms with Crippen LogP contribution in [0.5, 0.6) is 5.75 Å². The van der Waals surface area contributed by atoms with E-state index in [1.165, 1.54) is 25.3 Å². The second-order valence-electron chi connectivity index (χ2n) is 6.19. The third-order valence-electron chi connectivity index (χ3n) is 3.44. The highest BCUT2D eigenvalue weighted by molar-refractivity contribution is 7.89. The summed E-state index contributed by atoms with van der Waals surface area (Å²) < 4.78 is 32.8. The van der Waals surface area contributed by atoms with Crippen LogP contribution in [0.1, 0.15) is 37.6 Å². The molecule has 0 aliphatic rings. The lowest BCUT2D eigenvalue weighted by Gasteiger charge is -2.30. The zero-order chi connectivity index (χ0) is 17.8. The number of nitrogens with one attached hydrogen (secondary N) is 1. The number of ether oxygens (including phenoxy) is 1. The highest BCUT2D eigenvalue weighted by Crippen LogP contribution is 2.24. The normalized spacial score (nSPS) is 13.9. The molecule has 0 heterocycles. The zero-order valence-electron chi connectivity index (χ0n) is 14.3. The van der Waals surface area contributed by atoms with Crippen LogP contribution < -0.4 is 20.9 Å². The number of amides is 1. The van der Waals surface area contributed by atoms with Gasteiger partial charge in [-0.3, -0.25) is 4.79 Å². The molecule has 1 atom stereocenters. The number of carbonyl (C=O) groups excluding carboxylic acids is 1. The van der Waals surface area contributed by atoms with Crippen molar-refractivity contribution in [2.75, 3.05) is 13.7 Å². The van der Waals surface area contributed by atoms with E-state index in [2.05, 4.69) is 4.72 Å². The van der Waals surface area contributed by atoms with Crippen molar-refractivity contribution in [3.8, 4) is 5.75 Å². The third-order valence-corrected chi connectivity index (χ3v) is 5.07. The van der Waals surface area contributed by atoms with Gasteiger partial charge in [-0.05, 0) is 37.5 Å². The number of benzene rings is 1. The molecule has 138 valence electrons. The second kappa shape index (κ2) is 8.66. The first-order valence-corrected chi connectivity index (χ1v) is 8.75. The van der Waals surface area contributed by atoms with E-state index < -0.39 is 21.5 Å². The van der Waals surface area contributed by atoms with Gasteiger partial charge in [0.25, 0.3) is 5.91 Å². The van der Waals surface area contributed by atoms with Crippen molar-refractivity contribution in [1.82, 2.24) is 4.72 Å². The second-order valence-corrected chi connectivity index (χ2v) is 7.88. The molecule has 24 heavy (non-hydrogen) atoms. The summed E-state index contributed by atoms with van der Waals surface area (Å²) in [6.07, 6.45) is 0.585. The van der Waals surface area contributed by atoms with E-state index in [0.29, 0.717) is 6.42 Å². The van der Waals surface area contributed by atoms with Gasteiger partial charge >= 0.3 is 0 Å². The van der Waals surface area contributed by atoms with Crippen LogP contribution in [0.2, 0.25) is 0 Å². The summed E-state index contributed by atoms with van der Waals surface area (Å²) in [5.74, 6) is -0.272. The van der Waals surface area contributed by atoms with Crippen LogP contribution in [0.3, 0.4) is 0 Å². The van der Waals surface area contributed by atoms with Crippen LogP contribution in [0.4, 0.5) is 0 Å². The van der Waals surface area contributed by atoms with Crippen molar-refractivity contribution in [1.29, 1.82) is 0 Å². The smallest absolute Gasteiger partial charge is 0.252 e. The molecule has 0 saturated heterocycles. The van der Waals surface area contributed by atoms with Crippen LogP contribution in [-0.4, -0.2) is 33.5 Å². The molecule has 0 spiro atoms. The van der Waals surface area contributed by atoms with Gasteiger partial charge in [0.2, 0.25) is 10.0 Å². The van der Waals surface area contributed by atoms with E-state index >= 15 is 0 Å². The largest absolute Gasteiger partial charge is 0.496 e. The van der Waals surface area contributed by atoms with Crippen molar-refractivity contribution >= 4 is 28.3 Å². The fourth-order valence-electron chi connectivity index (χ4n) is 2.50. The molecule has 9 heteroatoms. The van der Waals surface area contributed by atoms with Crippen molar-refractivity contribution in [3.05, 3.63) is 23.8 Å². The molecule has 1 rings (SSSR count). The van der Waals surface area contributed by atoms with E-state index in [9.17, 15) is 13.2 Å². The molecule has 1 aromatic rings. The fourth-order valence-corrected chi connectivity index (χ4v) is 3.95. The van der Waals surface area contributed by atoms with E-state index in [0.717, 1.165) is 0 Å². The quantitative estimate of drug-likeness (QED) is 0.627. The molecule has 0 saturated carbocycles. The summed E-state index contributed by atoms with van der Waals surface area (Å²) in [7, 11) is -2.47. The van der Waals surface area contributed by atoms with Gasteiger partial charge in [0.1, 0.15) is 5.75 Å². The Morgan fingerprint density at radius 1 is 1.38 bits per heavy atom. The van der Waals surface area contributed by atoms with Crippen molar-refractivity contribution < 1.29 is 17.9 Å². The Hall–Kier alpha value is -1.35. The Labute approximate surface area is 149 Å². The van der Waals surface area contributed by atoms with Gasteiger partial charge < -0.3 is 16.2 Å². The predicted molar refractivity (Wildman–Crippen MR) is 96.0 cm³/mol. The first-order valence-electron chi connectivity index (χ1n) is 7.26. The molecule has 0 aliphatic heterocycles. The van der Waals surface area contributed by atoms with Gasteiger partial charge in [-0.1, -0.05) is 13.8 Å². The van der Waals surface area contributed by atoms with Gasteiger partial charge in [-0.15, -0.1) is 12.4 Å². The lowest BCUT2D eigenvalue weighted by Crippen LogP contribution is -2.52. The summed E-state index contributed by atoms with van der Waals surface area (Å²) in [5, 5.41) is 0. The van der Waals surface area contributed by atoms with E-state index in [-0.39, 0.29) is 41.1 Å². The maximum Gasteiger partial charge on any atom is 0.252 e. The van der Waals surface area contributed by atoms with Crippen molar-refractivity contribution in [2.45, 2.75) is 37.6 Å². The molecule has 1 aromatic carbocycles. The van der Waals surface area contributed by atoms with E-state index in [4.69, 9.17) is 16.2 Å². The summed E-state index contributed by atoms with van der Waals surface area (Å²) in [4.78, 5) is 11.4. The standard InChI is InChI=1S/C15H25N3O4S.ClH/c1-10(2)8-15(3,9-16)18-23(20,21)11-5-6-13(22-4)12(7-11)14(17)19;/h5-7,10,18H,8-9,16H2,1-4H3,(H2,17,19);1H. The number of rotatable bonds is 8. The SMILES string of the molecule is COc1ccc(S(=O)(=O)NC(C)(CN)CC(C)C)cc1C(N)=O.Cl. The molecule has 1 unspecified atom stereocenters. The molecule has 0 aromatic heterocycles. The van der Waals surface area contributed by atoms with Crippen LogP contribution in [0.25, 0.3) is 0 Å². The summed E-state index contributed by atoms with van der Waals surface area (Å²) >= 11 is 0. The monoisotopic (exact) mass is 379 g/mol. The van der Waals surface area contributed by atoms with Crippen LogP contribution in [-0.2, 0) is 10.0 Å². The first-order chi connectivity index (χ1) is 10.5. The summed E-state index contributed by atoms with van der Waals surface area (Å²) in [6.45, 7) is 5.88. The third kappa shape index (κ3) is 5.62. The topological polar surface area (TPSA) is 125 Å². The van der Waals surface area contributed by atoms with Gasteiger partial charge in [-0.25, -0.2) is 13.1 Å². The van der Waals surface area contributed by atoms with Crippen LogP contribution in [0, 0.1) is 5.92 Å². The highest BCUT2D eigenvalue weighted by atomic mass is 35.5. The number of sulfonamides is 1. The van der Waals surface area contributed by atoms with E-state index in [1.54, 1.807) is 6.92 Å². The Kier molecular flexibility index (Phi) is 8.17. The maximum absolute atomic E-state index is 12.6. The lowest BCUT2D eigenvalue weighted by molar-refractivity contribution is 0.0997. The Balaban J connectivity index is 0.00000529. The maximum atomic E-state index is 12.6. The zero-order valence-corrected chi connectivity index (χ0v) is 16.0. The minimum atomic E-state index is -3.85. The molecule has 7 nitrogen and oxygen atoms in total. The minimum Gasteiger partial charge on any atom is -0.496 e. The van der Waals surface area contributed by atoms with Crippen LogP contribution >= 0.6 is 12.4 Å². The number of nitrogens with two attached hydrogens (primary N) is 2. The molecule has 0 aliphatic carbocycles. The van der Waals surface area contributed by atoms with Gasteiger partial charge in [-0.2, -0.15) is 0 Å². The number of primary amides is 1. The average molecular weight is 380 g/mol. The van der Waals surface area contributed by atoms with Crippen molar-refractivity contribution in [2.24, 2.45) is 17.4 Å². The molecule has 0 bridgehead atoms. The van der Waals surface area contributed by atoms with Gasteiger partial charge in [0.05, 0.1) is 17.6 Å². The van der Waals surface area contributed by atoms with Crippen LogP contribution in [0.15, 0.2) is 23.1 Å². The van der Waals surface area contributed by atoms with Crippen molar-refractivity contribution in [3.63, 3.8) is 0 Å². The Morgan fingerprint density at radius 3 is 2.38 bits per heavy atom. The number of carbonyl (C=O) groups is 1. The molecule has 5 N–H and O–H groups in total.